The number of nitrogens with one attached hydrogen (secondary N) is 1. The molecule has 2 aromatic carbocycles. The first kappa shape index (κ1) is 19.8. The maximum Gasteiger partial charge on any atom is 0.264 e. The van der Waals surface area contributed by atoms with Gasteiger partial charge in [-0.15, -0.1) is 0 Å². The molecule has 1 heterocycles. The van der Waals surface area contributed by atoms with Crippen LogP contribution in [0.2, 0.25) is 10.0 Å². The van der Waals surface area contributed by atoms with E-state index in [0.29, 0.717) is 25.8 Å². The molecule has 3 rings (SSSR count). The van der Waals surface area contributed by atoms with Crippen LogP contribution in [0.5, 0.6) is 5.75 Å². The molecule has 0 unspecified atom stereocenters. The van der Waals surface area contributed by atoms with E-state index in [1.807, 2.05) is 37.3 Å². The fraction of sp³-hybridized carbons (Fsp3) is 0.200. The van der Waals surface area contributed by atoms with Crippen molar-refractivity contribution in [2.24, 2.45) is 4.99 Å². The van der Waals surface area contributed by atoms with Gasteiger partial charge in [0.15, 0.2) is 5.17 Å². The second-order valence-electron chi connectivity index (χ2n) is 5.96. The van der Waals surface area contributed by atoms with Gasteiger partial charge in [0.05, 0.1) is 26.7 Å². The van der Waals surface area contributed by atoms with Crippen LogP contribution in [0.25, 0.3) is 6.08 Å². The maximum atomic E-state index is 12.2. The van der Waals surface area contributed by atoms with Crippen molar-refractivity contribution in [2.45, 2.75) is 26.4 Å². The SMILES string of the molecule is CC[C@@H](C)Oc1ccc(/C=C2/SC(=Nc3cccc(Cl)c3Cl)NC2=O)cc1. The Morgan fingerprint density at radius 3 is 2.67 bits per heavy atom. The number of carbonyl (C=O) groups excluding carboxylic acids is 1. The van der Waals surface area contributed by atoms with E-state index in [2.05, 4.69) is 17.2 Å². The van der Waals surface area contributed by atoms with Gasteiger partial charge in [-0.05, 0) is 61.0 Å². The van der Waals surface area contributed by atoms with Crippen LogP contribution in [0.4, 0.5) is 5.69 Å². The van der Waals surface area contributed by atoms with E-state index < -0.39 is 0 Å². The molecule has 2 aromatic rings. The molecule has 1 N–H and O–H groups in total. The van der Waals surface area contributed by atoms with E-state index in [-0.39, 0.29) is 12.0 Å². The lowest BCUT2D eigenvalue weighted by molar-refractivity contribution is -0.115. The number of nitrogens with zero attached hydrogens (tertiary/aromatic N) is 1. The van der Waals surface area contributed by atoms with E-state index in [1.54, 1.807) is 18.2 Å². The summed E-state index contributed by atoms with van der Waals surface area (Å²) in [6.45, 7) is 4.11. The molecule has 0 radical (unpaired) electrons. The van der Waals surface area contributed by atoms with Gasteiger partial charge >= 0.3 is 0 Å². The number of rotatable bonds is 5. The van der Waals surface area contributed by atoms with Crippen LogP contribution in [0.3, 0.4) is 0 Å². The number of ether oxygens (including phenoxy) is 1. The summed E-state index contributed by atoms with van der Waals surface area (Å²) in [5.74, 6) is 0.615. The Bertz CT molecular complexity index is 911. The number of halogens is 2. The average Bonchev–Trinajstić information content (AvgIpc) is 2.99. The predicted octanol–water partition coefficient (Wildman–Crippen LogP) is 6.06. The first-order valence-corrected chi connectivity index (χ1v) is 10.0. The normalized spacial score (nSPS) is 18.0. The fourth-order valence-electron chi connectivity index (χ4n) is 2.28. The van der Waals surface area contributed by atoms with E-state index in [9.17, 15) is 4.79 Å². The number of aliphatic imine (C=N–C) groups is 1. The summed E-state index contributed by atoms with van der Waals surface area (Å²) in [5.41, 5.74) is 1.42. The van der Waals surface area contributed by atoms with Gasteiger partial charge in [0.1, 0.15) is 5.75 Å². The molecule has 0 aromatic heterocycles. The second kappa shape index (κ2) is 8.83. The van der Waals surface area contributed by atoms with Gasteiger partial charge in [-0.25, -0.2) is 4.99 Å². The third kappa shape index (κ3) is 5.06. The van der Waals surface area contributed by atoms with Crippen molar-refractivity contribution in [3.8, 4) is 5.75 Å². The van der Waals surface area contributed by atoms with Gasteiger partial charge in [0.2, 0.25) is 0 Å². The predicted molar refractivity (Wildman–Crippen MR) is 114 cm³/mol. The van der Waals surface area contributed by atoms with Crippen molar-refractivity contribution < 1.29 is 9.53 Å². The zero-order chi connectivity index (χ0) is 19.4. The maximum absolute atomic E-state index is 12.2. The van der Waals surface area contributed by atoms with Crippen molar-refractivity contribution >= 4 is 57.8 Å². The summed E-state index contributed by atoms with van der Waals surface area (Å²) in [6.07, 6.45) is 2.93. The van der Waals surface area contributed by atoms with E-state index in [1.165, 1.54) is 11.8 Å². The number of carbonyl (C=O) groups is 1. The van der Waals surface area contributed by atoms with Crippen LogP contribution in [0.15, 0.2) is 52.4 Å². The molecular weight excluding hydrogens is 403 g/mol. The van der Waals surface area contributed by atoms with Gasteiger partial charge in [-0.3, -0.25) is 4.79 Å². The Kier molecular flexibility index (Phi) is 6.47. The Morgan fingerprint density at radius 2 is 1.96 bits per heavy atom. The molecule has 1 atom stereocenters. The van der Waals surface area contributed by atoms with Crippen molar-refractivity contribution in [3.05, 3.63) is 63.0 Å². The zero-order valence-corrected chi connectivity index (χ0v) is 17.2. The molecule has 140 valence electrons. The Hall–Kier alpha value is -1.95. The number of hydrogen-bond acceptors (Lipinski definition) is 4. The lowest BCUT2D eigenvalue weighted by Crippen LogP contribution is -2.19. The van der Waals surface area contributed by atoms with Crippen molar-refractivity contribution in [1.82, 2.24) is 5.32 Å². The standard InChI is InChI=1S/C20H18Cl2N2O2S/c1-3-12(2)26-14-9-7-13(8-10-14)11-17-19(25)24-20(27-17)23-16-6-4-5-15(21)18(16)22/h4-12H,3H2,1-2H3,(H,23,24,25)/b17-11+/t12-/m1/s1. The lowest BCUT2D eigenvalue weighted by atomic mass is 10.2. The van der Waals surface area contributed by atoms with Crippen LogP contribution in [-0.2, 0) is 4.79 Å². The minimum absolute atomic E-state index is 0.169. The summed E-state index contributed by atoms with van der Waals surface area (Å²) < 4.78 is 5.77. The summed E-state index contributed by atoms with van der Waals surface area (Å²) in [6, 6.07) is 12.8. The van der Waals surface area contributed by atoms with Crippen LogP contribution in [0, 0.1) is 0 Å². The van der Waals surface area contributed by atoms with Crippen molar-refractivity contribution in [2.75, 3.05) is 0 Å². The second-order valence-corrected chi connectivity index (χ2v) is 7.78. The van der Waals surface area contributed by atoms with Gasteiger partial charge in [-0.2, -0.15) is 0 Å². The number of hydrogen-bond donors (Lipinski definition) is 1. The van der Waals surface area contributed by atoms with E-state index >= 15 is 0 Å². The Morgan fingerprint density at radius 1 is 1.22 bits per heavy atom. The minimum Gasteiger partial charge on any atom is -0.491 e. The smallest absolute Gasteiger partial charge is 0.264 e. The molecule has 4 nitrogen and oxygen atoms in total. The molecule has 27 heavy (non-hydrogen) atoms. The molecular formula is C20H18Cl2N2O2S. The molecule has 1 aliphatic heterocycles. The van der Waals surface area contributed by atoms with Gasteiger partial charge in [0.25, 0.3) is 5.91 Å². The first-order chi connectivity index (χ1) is 13.0. The average molecular weight is 421 g/mol. The number of amidine groups is 1. The largest absolute Gasteiger partial charge is 0.491 e. The summed E-state index contributed by atoms with van der Waals surface area (Å²) in [4.78, 5) is 17.2. The van der Waals surface area contributed by atoms with Crippen LogP contribution in [0.1, 0.15) is 25.8 Å². The first-order valence-electron chi connectivity index (χ1n) is 8.46. The zero-order valence-electron chi connectivity index (χ0n) is 14.8. The molecule has 1 aliphatic rings. The third-order valence-electron chi connectivity index (χ3n) is 3.89. The van der Waals surface area contributed by atoms with E-state index in [4.69, 9.17) is 27.9 Å². The Labute approximate surface area is 172 Å². The number of benzene rings is 2. The van der Waals surface area contributed by atoms with Crippen LogP contribution in [-0.4, -0.2) is 17.2 Å². The molecule has 1 saturated heterocycles. The molecule has 1 fully saturated rings. The molecule has 1 amide bonds. The third-order valence-corrected chi connectivity index (χ3v) is 5.61. The van der Waals surface area contributed by atoms with Gasteiger partial charge in [0, 0.05) is 0 Å². The van der Waals surface area contributed by atoms with E-state index in [0.717, 1.165) is 17.7 Å². The molecule has 7 heteroatoms. The van der Waals surface area contributed by atoms with Crippen molar-refractivity contribution in [3.63, 3.8) is 0 Å². The summed E-state index contributed by atoms with van der Waals surface area (Å²) in [5, 5.41) is 3.99. The minimum atomic E-state index is -0.197. The van der Waals surface area contributed by atoms with Crippen molar-refractivity contribution in [1.29, 1.82) is 0 Å². The molecule has 0 aliphatic carbocycles. The number of amides is 1. The fourth-order valence-corrected chi connectivity index (χ4v) is 3.45. The molecule has 0 spiro atoms. The van der Waals surface area contributed by atoms with Gasteiger partial charge in [-0.1, -0.05) is 48.3 Å². The van der Waals surface area contributed by atoms with Crippen LogP contribution >= 0.6 is 35.0 Å². The highest BCUT2D eigenvalue weighted by molar-refractivity contribution is 8.18. The van der Waals surface area contributed by atoms with Gasteiger partial charge < -0.3 is 10.1 Å². The molecule has 0 saturated carbocycles. The summed E-state index contributed by atoms with van der Waals surface area (Å²) >= 11 is 13.4. The Balaban J connectivity index is 1.75. The highest BCUT2D eigenvalue weighted by atomic mass is 35.5. The highest BCUT2D eigenvalue weighted by Gasteiger charge is 2.24. The highest BCUT2D eigenvalue weighted by Crippen LogP contribution is 2.34. The summed E-state index contributed by atoms with van der Waals surface area (Å²) in [7, 11) is 0. The quantitative estimate of drug-likeness (QED) is 0.597. The van der Waals surface area contributed by atoms with Crippen LogP contribution < -0.4 is 10.1 Å². The number of thioether (sulfide) groups is 1. The molecule has 0 bridgehead atoms. The monoisotopic (exact) mass is 420 g/mol. The topological polar surface area (TPSA) is 50.7 Å². The lowest BCUT2D eigenvalue weighted by Gasteiger charge is -2.12.